The van der Waals surface area contributed by atoms with Crippen LogP contribution in [0.2, 0.25) is 0 Å². The molecule has 2 aromatic rings. The Morgan fingerprint density at radius 2 is 1.96 bits per heavy atom. The highest BCUT2D eigenvalue weighted by Crippen LogP contribution is 2.39. The predicted molar refractivity (Wildman–Crippen MR) is 106 cm³/mol. The van der Waals surface area contributed by atoms with E-state index in [9.17, 15) is 14.7 Å². The van der Waals surface area contributed by atoms with Gasteiger partial charge in [-0.1, -0.05) is 35.9 Å². The summed E-state index contributed by atoms with van der Waals surface area (Å²) in [5.41, 5.74) is 2.33. The molecule has 0 spiro atoms. The van der Waals surface area contributed by atoms with Crippen molar-refractivity contribution in [3.63, 3.8) is 0 Å². The fourth-order valence-electron chi connectivity index (χ4n) is 3.34. The van der Waals surface area contributed by atoms with Gasteiger partial charge in [-0.3, -0.25) is 14.6 Å². The molecule has 1 aliphatic rings. The van der Waals surface area contributed by atoms with Crippen LogP contribution < -0.4 is 0 Å². The van der Waals surface area contributed by atoms with Crippen LogP contribution in [-0.4, -0.2) is 46.4 Å². The van der Waals surface area contributed by atoms with Crippen molar-refractivity contribution in [1.29, 1.82) is 0 Å². The lowest BCUT2D eigenvalue weighted by Crippen LogP contribution is -2.31. The maximum Gasteiger partial charge on any atom is 0.295 e. The SMILES string of the molecule is CCOCCCN1C(=O)C(=O)/C(=C(/O)c2ccc(C)cc2)C1c1cccnc1. The normalized spacial score (nSPS) is 18.6. The van der Waals surface area contributed by atoms with Crippen molar-refractivity contribution in [3.05, 3.63) is 71.1 Å². The molecule has 0 aliphatic carbocycles. The molecular weight excluding hydrogens is 356 g/mol. The third-order valence-electron chi connectivity index (χ3n) is 4.76. The van der Waals surface area contributed by atoms with Crippen molar-refractivity contribution in [2.75, 3.05) is 19.8 Å². The summed E-state index contributed by atoms with van der Waals surface area (Å²) in [6, 6.07) is 10.1. The predicted octanol–water partition coefficient (Wildman–Crippen LogP) is 3.24. The first-order valence-corrected chi connectivity index (χ1v) is 9.37. The highest BCUT2D eigenvalue weighted by atomic mass is 16.5. The second kappa shape index (κ2) is 8.80. The number of carbonyl (C=O) groups excluding carboxylic acids is 2. The molecule has 28 heavy (non-hydrogen) atoms. The molecule has 1 amide bonds. The zero-order valence-electron chi connectivity index (χ0n) is 16.1. The number of aliphatic hydroxyl groups excluding tert-OH is 1. The van der Waals surface area contributed by atoms with Crippen molar-refractivity contribution in [2.45, 2.75) is 26.3 Å². The summed E-state index contributed by atoms with van der Waals surface area (Å²) >= 11 is 0. The minimum atomic E-state index is -0.677. The van der Waals surface area contributed by atoms with Gasteiger partial charge in [0, 0.05) is 37.7 Å². The van der Waals surface area contributed by atoms with Gasteiger partial charge < -0.3 is 14.7 Å². The number of aromatic nitrogens is 1. The van der Waals surface area contributed by atoms with E-state index < -0.39 is 17.7 Å². The Morgan fingerprint density at radius 3 is 2.61 bits per heavy atom. The lowest BCUT2D eigenvalue weighted by Gasteiger charge is -2.25. The second-order valence-corrected chi connectivity index (χ2v) is 6.70. The zero-order chi connectivity index (χ0) is 20.1. The van der Waals surface area contributed by atoms with Crippen LogP contribution in [0.4, 0.5) is 0 Å². The van der Waals surface area contributed by atoms with Crippen molar-refractivity contribution in [3.8, 4) is 0 Å². The van der Waals surface area contributed by atoms with Gasteiger partial charge in [-0.15, -0.1) is 0 Å². The number of hydrogen-bond acceptors (Lipinski definition) is 5. The first-order chi connectivity index (χ1) is 13.5. The number of carbonyl (C=O) groups is 2. The minimum Gasteiger partial charge on any atom is -0.507 e. The van der Waals surface area contributed by atoms with E-state index in [4.69, 9.17) is 4.74 Å². The summed E-state index contributed by atoms with van der Waals surface area (Å²) in [5, 5.41) is 10.9. The Kier molecular flexibility index (Phi) is 6.21. The molecule has 2 heterocycles. The largest absolute Gasteiger partial charge is 0.507 e. The maximum absolute atomic E-state index is 12.8. The van der Waals surface area contributed by atoms with Crippen LogP contribution in [0.1, 0.15) is 36.1 Å². The van der Waals surface area contributed by atoms with Gasteiger partial charge in [-0.2, -0.15) is 0 Å². The van der Waals surface area contributed by atoms with Crippen LogP contribution in [0, 0.1) is 6.92 Å². The third kappa shape index (κ3) is 3.97. The van der Waals surface area contributed by atoms with E-state index in [-0.39, 0.29) is 11.3 Å². The number of aliphatic hydroxyl groups is 1. The average Bonchev–Trinajstić information content (AvgIpc) is 2.97. The molecule has 1 aliphatic heterocycles. The van der Waals surface area contributed by atoms with Crippen molar-refractivity contribution < 1.29 is 19.4 Å². The lowest BCUT2D eigenvalue weighted by molar-refractivity contribution is -0.140. The second-order valence-electron chi connectivity index (χ2n) is 6.70. The molecule has 6 nitrogen and oxygen atoms in total. The maximum atomic E-state index is 12.8. The van der Waals surface area contributed by atoms with E-state index in [2.05, 4.69) is 4.98 Å². The number of benzene rings is 1. The van der Waals surface area contributed by atoms with Crippen molar-refractivity contribution >= 4 is 17.4 Å². The Balaban J connectivity index is 2.03. The summed E-state index contributed by atoms with van der Waals surface area (Å²) in [5.74, 6) is -1.46. The van der Waals surface area contributed by atoms with Crippen molar-refractivity contribution in [1.82, 2.24) is 9.88 Å². The van der Waals surface area contributed by atoms with Crippen LogP contribution in [0.25, 0.3) is 5.76 Å². The van der Waals surface area contributed by atoms with Crippen LogP contribution >= 0.6 is 0 Å². The molecule has 146 valence electrons. The molecule has 1 saturated heterocycles. The number of Topliss-reactive ketones (excluding diaryl/α,β-unsaturated/α-hetero) is 1. The van der Waals surface area contributed by atoms with E-state index in [0.29, 0.717) is 37.3 Å². The fraction of sp³-hybridized carbons (Fsp3) is 0.318. The molecule has 0 bridgehead atoms. The van der Waals surface area contributed by atoms with Crippen LogP contribution in [-0.2, 0) is 14.3 Å². The Bertz CT molecular complexity index is 875. The molecule has 1 aromatic heterocycles. The average molecular weight is 380 g/mol. The minimum absolute atomic E-state index is 0.0956. The number of ether oxygens (including phenoxy) is 1. The molecular formula is C22H24N2O4. The standard InChI is InChI=1S/C22H24N2O4/c1-3-28-13-5-12-24-19(17-6-4-11-23-14-17)18(21(26)22(24)27)20(25)16-9-7-15(2)8-10-16/h4,6-11,14,19,25H,3,5,12-13H2,1-2H3/b20-18+. The van der Waals surface area contributed by atoms with E-state index in [0.717, 1.165) is 5.56 Å². The summed E-state index contributed by atoms with van der Waals surface area (Å²) in [4.78, 5) is 31.2. The summed E-state index contributed by atoms with van der Waals surface area (Å²) in [6.45, 7) is 5.30. The Morgan fingerprint density at radius 1 is 1.21 bits per heavy atom. The molecule has 1 unspecified atom stereocenters. The highest BCUT2D eigenvalue weighted by Gasteiger charge is 2.45. The molecule has 0 saturated carbocycles. The van der Waals surface area contributed by atoms with Gasteiger partial charge in [-0.05, 0) is 31.9 Å². The number of likely N-dealkylation sites (tertiary alicyclic amines) is 1. The number of rotatable bonds is 7. The van der Waals surface area contributed by atoms with E-state index in [1.807, 2.05) is 32.0 Å². The van der Waals surface area contributed by atoms with Crippen molar-refractivity contribution in [2.24, 2.45) is 0 Å². The first-order valence-electron chi connectivity index (χ1n) is 9.37. The number of pyridine rings is 1. The number of hydrogen-bond donors (Lipinski definition) is 1. The van der Waals surface area contributed by atoms with Gasteiger partial charge in [0.05, 0.1) is 11.6 Å². The number of amides is 1. The molecule has 6 heteroatoms. The quantitative estimate of drug-likeness (QED) is 0.345. The highest BCUT2D eigenvalue weighted by molar-refractivity contribution is 6.46. The van der Waals surface area contributed by atoms with Crippen LogP contribution in [0.3, 0.4) is 0 Å². The van der Waals surface area contributed by atoms with Crippen LogP contribution in [0.15, 0.2) is 54.4 Å². The van der Waals surface area contributed by atoms with E-state index >= 15 is 0 Å². The van der Waals surface area contributed by atoms with Gasteiger partial charge in [-0.25, -0.2) is 0 Å². The monoisotopic (exact) mass is 380 g/mol. The number of aryl methyl sites for hydroxylation is 1. The van der Waals surface area contributed by atoms with Gasteiger partial charge in [0.2, 0.25) is 0 Å². The topological polar surface area (TPSA) is 79.7 Å². The third-order valence-corrected chi connectivity index (χ3v) is 4.76. The van der Waals surface area contributed by atoms with Gasteiger partial charge in [0.15, 0.2) is 0 Å². The van der Waals surface area contributed by atoms with Gasteiger partial charge in [0.25, 0.3) is 11.7 Å². The summed E-state index contributed by atoms with van der Waals surface area (Å²) in [7, 11) is 0. The molecule has 0 radical (unpaired) electrons. The molecule has 1 aromatic carbocycles. The number of ketones is 1. The Hall–Kier alpha value is -2.99. The fourth-order valence-corrected chi connectivity index (χ4v) is 3.34. The first kappa shape index (κ1) is 19.8. The molecule has 1 fully saturated rings. The molecule has 1 atom stereocenters. The van der Waals surface area contributed by atoms with Gasteiger partial charge >= 0.3 is 0 Å². The van der Waals surface area contributed by atoms with Crippen LogP contribution in [0.5, 0.6) is 0 Å². The van der Waals surface area contributed by atoms with E-state index in [1.165, 1.54) is 4.90 Å². The Labute approximate surface area is 164 Å². The lowest BCUT2D eigenvalue weighted by atomic mass is 9.96. The van der Waals surface area contributed by atoms with Gasteiger partial charge in [0.1, 0.15) is 5.76 Å². The molecule has 1 N–H and O–H groups in total. The molecule has 3 rings (SSSR count). The summed E-state index contributed by atoms with van der Waals surface area (Å²) in [6.07, 6.45) is 3.85. The number of nitrogens with zero attached hydrogens (tertiary/aromatic N) is 2. The van der Waals surface area contributed by atoms with E-state index in [1.54, 1.807) is 30.6 Å². The zero-order valence-corrected chi connectivity index (χ0v) is 16.1. The summed E-state index contributed by atoms with van der Waals surface area (Å²) < 4.78 is 5.35. The smallest absolute Gasteiger partial charge is 0.295 e.